The van der Waals surface area contributed by atoms with Gasteiger partial charge in [-0.25, -0.2) is 4.98 Å². The van der Waals surface area contributed by atoms with Gasteiger partial charge in [0.25, 0.3) is 0 Å². The van der Waals surface area contributed by atoms with E-state index >= 15 is 0 Å². The average molecular weight is 231 g/mol. The number of nitrogens with zero attached hydrogens (tertiary/aromatic N) is 2. The molecule has 0 aliphatic heterocycles. The summed E-state index contributed by atoms with van der Waals surface area (Å²) in [6, 6.07) is 5.67. The maximum atomic E-state index is 9.64. The van der Waals surface area contributed by atoms with Crippen molar-refractivity contribution in [3.63, 3.8) is 0 Å². The van der Waals surface area contributed by atoms with Crippen LogP contribution in [-0.2, 0) is 7.05 Å². The fourth-order valence-corrected chi connectivity index (χ4v) is 1.81. The second-order valence-corrected chi connectivity index (χ2v) is 4.26. The molecule has 17 heavy (non-hydrogen) atoms. The molecule has 0 amide bonds. The van der Waals surface area contributed by atoms with Crippen molar-refractivity contribution in [3.8, 4) is 5.75 Å². The quantitative estimate of drug-likeness (QED) is 0.853. The molecule has 1 aromatic carbocycles. The summed E-state index contributed by atoms with van der Waals surface area (Å²) in [5, 5.41) is 12.9. The molecule has 1 heterocycles. The maximum absolute atomic E-state index is 9.64. The summed E-state index contributed by atoms with van der Waals surface area (Å²) in [7, 11) is 1.97. The van der Waals surface area contributed by atoms with Crippen LogP contribution in [0, 0.1) is 6.92 Å². The van der Waals surface area contributed by atoms with E-state index in [1.165, 1.54) is 0 Å². The normalized spacial score (nSPS) is 12.4. The number of imidazole rings is 1. The second-order valence-electron chi connectivity index (χ2n) is 4.26. The molecule has 0 saturated heterocycles. The second kappa shape index (κ2) is 4.49. The lowest BCUT2D eigenvalue weighted by Crippen LogP contribution is -2.11. The third-order valence-electron chi connectivity index (χ3n) is 2.84. The van der Waals surface area contributed by atoms with E-state index in [1.54, 1.807) is 12.3 Å². The first kappa shape index (κ1) is 11.5. The standard InChI is InChI=1S/C13H17N3O/c1-9-4-5-11(8-12(9)17)15-10(2)13-14-6-7-16(13)3/h4-8,10,15,17H,1-3H3. The Labute approximate surface area is 101 Å². The van der Waals surface area contributed by atoms with Gasteiger partial charge in [0.05, 0.1) is 6.04 Å². The van der Waals surface area contributed by atoms with E-state index in [4.69, 9.17) is 0 Å². The van der Waals surface area contributed by atoms with Gasteiger partial charge in [-0.2, -0.15) is 0 Å². The Morgan fingerprint density at radius 2 is 2.18 bits per heavy atom. The zero-order valence-corrected chi connectivity index (χ0v) is 10.3. The van der Waals surface area contributed by atoms with Crippen LogP contribution in [0.25, 0.3) is 0 Å². The minimum absolute atomic E-state index is 0.0945. The average Bonchev–Trinajstić information content (AvgIpc) is 2.70. The lowest BCUT2D eigenvalue weighted by molar-refractivity contribution is 0.471. The fraction of sp³-hybridized carbons (Fsp3) is 0.308. The van der Waals surface area contributed by atoms with E-state index in [0.717, 1.165) is 17.1 Å². The van der Waals surface area contributed by atoms with Crippen molar-refractivity contribution in [2.45, 2.75) is 19.9 Å². The van der Waals surface area contributed by atoms with Gasteiger partial charge in [0.1, 0.15) is 11.6 Å². The zero-order valence-electron chi connectivity index (χ0n) is 10.3. The predicted octanol–water partition coefficient (Wildman–Crippen LogP) is 2.61. The van der Waals surface area contributed by atoms with Gasteiger partial charge >= 0.3 is 0 Å². The summed E-state index contributed by atoms with van der Waals surface area (Å²) < 4.78 is 1.98. The number of aromatic hydroxyl groups is 1. The van der Waals surface area contributed by atoms with Crippen molar-refractivity contribution in [2.24, 2.45) is 7.05 Å². The first-order chi connectivity index (χ1) is 8.08. The van der Waals surface area contributed by atoms with Gasteiger partial charge < -0.3 is 15.0 Å². The molecule has 0 aliphatic carbocycles. The smallest absolute Gasteiger partial charge is 0.130 e. The van der Waals surface area contributed by atoms with Gasteiger partial charge in [0, 0.05) is 31.2 Å². The van der Waals surface area contributed by atoms with Gasteiger partial charge in [0.15, 0.2) is 0 Å². The lowest BCUT2D eigenvalue weighted by atomic mass is 10.2. The topological polar surface area (TPSA) is 50.1 Å². The van der Waals surface area contributed by atoms with Gasteiger partial charge in [-0.3, -0.25) is 0 Å². The molecule has 1 unspecified atom stereocenters. The van der Waals surface area contributed by atoms with Crippen LogP contribution in [-0.4, -0.2) is 14.7 Å². The highest BCUT2D eigenvalue weighted by Gasteiger charge is 2.10. The van der Waals surface area contributed by atoms with Crippen molar-refractivity contribution in [1.82, 2.24) is 9.55 Å². The molecule has 0 spiro atoms. The molecule has 2 rings (SSSR count). The van der Waals surface area contributed by atoms with Gasteiger partial charge in [-0.1, -0.05) is 6.07 Å². The van der Waals surface area contributed by atoms with Crippen LogP contribution in [0.3, 0.4) is 0 Å². The van der Waals surface area contributed by atoms with Crippen LogP contribution in [0.15, 0.2) is 30.6 Å². The summed E-state index contributed by atoms with van der Waals surface area (Å²) in [4.78, 5) is 4.29. The highest BCUT2D eigenvalue weighted by Crippen LogP contribution is 2.24. The summed E-state index contributed by atoms with van der Waals surface area (Å²) in [6.07, 6.45) is 3.69. The van der Waals surface area contributed by atoms with Crippen molar-refractivity contribution in [2.75, 3.05) is 5.32 Å². The SMILES string of the molecule is Cc1ccc(NC(C)c2nccn2C)cc1O. The van der Waals surface area contributed by atoms with E-state index < -0.39 is 0 Å². The number of nitrogens with one attached hydrogen (secondary N) is 1. The highest BCUT2D eigenvalue weighted by atomic mass is 16.3. The number of rotatable bonds is 3. The summed E-state index contributed by atoms with van der Waals surface area (Å²) in [5.41, 5.74) is 1.77. The molecule has 0 bridgehead atoms. The Kier molecular flexibility index (Phi) is 3.04. The number of phenolic OH excluding ortho intramolecular Hbond substituents is 1. The van der Waals surface area contributed by atoms with Crippen molar-refractivity contribution in [3.05, 3.63) is 42.0 Å². The minimum atomic E-state index is 0.0945. The van der Waals surface area contributed by atoms with Crippen LogP contribution in [0.2, 0.25) is 0 Å². The van der Waals surface area contributed by atoms with Gasteiger partial charge in [-0.05, 0) is 25.5 Å². The molecule has 4 nitrogen and oxygen atoms in total. The van der Waals surface area contributed by atoms with Crippen molar-refractivity contribution < 1.29 is 5.11 Å². The Bertz CT molecular complexity index is 519. The maximum Gasteiger partial charge on any atom is 0.130 e. The molecule has 0 radical (unpaired) electrons. The number of aryl methyl sites for hydroxylation is 2. The molecule has 4 heteroatoms. The lowest BCUT2D eigenvalue weighted by Gasteiger charge is -2.15. The summed E-state index contributed by atoms with van der Waals surface area (Å²) >= 11 is 0. The molecule has 90 valence electrons. The Hall–Kier alpha value is -1.97. The van der Waals surface area contributed by atoms with Crippen LogP contribution in [0.5, 0.6) is 5.75 Å². The Balaban J connectivity index is 2.16. The van der Waals surface area contributed by atoms with Gasteiger partial charge in [-0.15, -0.1) is 0 Å². The molecule has 0 saturated carbocycles. The number of phenols is 1. The molecule has 1 aromatic heterocycles. The van der Waals surface area contributed by atoms with E-state index in [0.29, 0.717) is 5.75 Å². The van der Waals surface area contributed by atoms with Crippen LogP contribution in [0.1, 0.15) is 24.4 Å². The Morgan fingerprint density at radius 3 is 2.76 bits per heavy atom. The molecule has 0 fully saturated rings. The minimum Gasteiger partial charge on any atom is -0.508 e. The van der Waals surface area contributed by atoms with Crippen LogP contribution >= 0.6 is 0 Å². The van der Waals surface area contributed by atoms with E-state index in [1.807, 2.05) is 43.8 Å². The van der Waals surface area contributed by atoms with Crippen molar-refractivity contribution >= 4 is 5.69 Å². The molecule has 0 aliphatic rings. The fourth-order valence-electron chi connectivity index (χ4n) is 1.81. The largest absolute Gasteiger partial charge is 0.508 e. The third kappa shape index (κ3) is 2.41. The molecular weight excluding hydrogens is 214 g/mol. The van der Waals surface area contributed by atoms with Gasteiger partial charge in [0.2, 0.25) is 0 Å². The van der Waals surface area contributed by atoms with E-state index in [2.05, 4.69) is 10.3 Å². The predicted molar refractivity (Wildman–Crippen MR) is 68.1 cm³/mol. The van der Waals surface area contributed by atoms with E-state index in [-0.39, 0.29) is 6.04 Å². The highest BCUT2D eigenvalue weighted by molar-refractivity contribution is 5.51. The number of anilines is 1. The molecule has 2 aromatic rings. The number of benzene rings is 1. The van der Waals surface area contributed by atoms with Crippen molar-refractivity contribution in [1.29, 1.82) is 0 Å². The first-order valence-electron chi connectivity index (χ1n) is 5.61. The third-order valence-corrected chi connectivity index (χ3v) is 2.84. The molecule has 2 N–H and O–H groups in total. The summed E-state index contributed by atoms with van der Waals surface area (Å²) in [5.74, 6) is 1.27. The van der Waals surface area contributed by atoms with E-state index in [9.17, 15) is 5.11 Å². The van der Waals surface area contributed by atoms with Crippen LogP contribution in [0.4, 0.5) is 5.69 Å². The molecular formula is C13H17N3O. The first-order valence-corrected chi connectivity index (χ1v) is 5.61. The number of aromatic nitrogens is 2. The molecule has 1 atom stereocenters. The summed E-state index contributed by atoms with van der Waals surface area (Å²) in [6.45, 7) is 3.92. The number of hydrogen-bond acceptors (Lipinski definition) is 3. The Morgan fingerprint density at radius 1 is 1.41 bits per heavy atom. The zero-order chi connectivity index (χ0) is 12.4. The number of hydrogen-bond donors (Lipinski definition) is 2. The monoisotopic (exact) mass is 231 g/mol. The van der Waals surface area contributed by atoms with Crippen LogP contribution < -0.4 is 5.32 Å².